The van der Waals surface area contributed by atoms with Gasteiger partial charge in [-0.1, -0.05) is 0 Å². The van der Waals surface area contributed by atoms with Crippen molar-refractivity contribution in [2.75, 3.05) is 19.0 Å². The molecular weight excluding hydrogens is 356 g/mol. The van der Waals surface area contributed by atoms with Crippen LogP contribution in [0.5, 0.6) is 5.75 Å². The first-order valence-corrected chi connectivity index (χ1v) is 8.91. The van der Waals surface area contributed by atoms with Crippen molar-refractivity contribution in [2.24, 2.45) is 0 Å². The van der Waals surface area contributed by atoms with E-state index in [-0.39, 0.29) is 24.7 Å². The van der Waals surface area contributed by atoms with E-state index in [1.54, 1.807) is 31.7 Å². The van der Waals surface area contributed by atoms with Crippen LogP contribution in [-0.4, -0.2) is 30.6 Å². The molecule has 7 nitrogen and oxygen atoms in total. The summed E-state index contributed by atoms with van der Waals surface area (Å²) in [4.78, 5) is 28.0. The Hall–Kier alpha value is -2.87. The minimum Gasteiger partial charge on any atom is -0.497 e. The summed E-state index contributed by atoms with van der Waals surface area (Å²) < 4.78 is 15.5. The number of esters is 1. The first kappa shape index (κ1) is 17.9. The largest absolute Gasteiger partial charge is 0.497 e. The van der Waals surface area contributed by atoms with Crippen LogP contribution in [0.4, 0.5) is 5.13 Å². The van der Waals surface area contributed by atoms with Crippen LogP contribution >= 0.6 is 11.3 Å². The average molecular weight is 374 g/mol. The van der Waals surface area contributed by atoms with E-state index in [0.29, 0.717) is 28.8 Å². The van der Waals surface area contributed by atoms with Gasteiger partial charge in [0.05, 0.1) is 38.5 Å². The molecule has 0 saturated carbocycles. The fourth-order valence-corrected chi connectivity index (χ4v) is 3.20. The van der Waals surface area contributed by atoms with Gasteiger partial charge in [0.25, 0.3) is 0 Å². The summed E-state index contributed by atoms with van der Waals surface area (Å²) in [7, 11) is 1.59. The molecule has 0 unspecified atom stereocenters. The SMILES string of the molecule is CCOC(=O)Cc1csc(NC(=O)Cc2coc3cc(OC)ccc23)n1. The van der Waals surface area contributed by atoms with Crippen molar-refractivity contribution < 1.29 is 23.5 Å². The highest BCUT2D eigenvalue weighted by atomic mass is 32.1. The lowest BCUT2D eigenvalue weighted by Crippen LogP contribution is -2.14. The number of benzene rings is 1. The molecule has 0 aliphatic rings. The Balaban J connectivity index is 1.62. The number of carbonyl (C=O) groups is 2. The fraction of sp³-hybridized carbons (Fsp3) is 0.278. The zero-order chi connectivity index (χ0) is 18.5. The van der Waals surface area contributed by atoms with Crippen molar-refractivity contribution in [1.29, 1.82) is 0 Å². The molecule has 0 saturated heterocycles. The van der Waals surface area contributed by atoms with Crippen LogP contribution < -0.4 is 10.1 Å². The highest BCUT2D eigenvalue weighted by Crippen LogP contribution is 2.26. The van der Waals surface area contributed by atoms with Crippen LogP contribution in [0.15, 0.2) is 34.3 Å². The topological polar surface area (TPSA) is 90.7 Å². The number of ether oxygens (including phenoxy) is 2. The Labute approximate surface area is 153 Å². The molecule has 1 N–H and O–H groups in total. The molecule has 3 aromatic rings. The van der Waals surface area contributed by atoms with Crippen LogP contribution in [0, 0.1) is 0 Å². The molecule has 0 bridgehead atoms. The molecule has 0 aliphatic carbocycles. The summed E-state index contributed by atoms with van der Waals surface area (Å²) in [5.74, 6) is 0.149. The molecular formula is C18H18N2O5S. The average Bonchev–Trinajstić information content (AvgIpc) is 3.21. The van der Waals surface area contributed by atoms with Crippen LogP contribution in [0.1, 0.15) is 18.2 Å². The number of fused-ring (bicyclic) bond motifs is 1. The van der Waals surface area contributed by atoms with Gasteiger partial charge in [-0.15, -0.1) is 11.3 Å². The molecule has 136 valence electrons. The van der Waals surface area contributed by atoms with Gasteiger partial charge in [0.2, 0.25) is 5.91 Å². The molecule has 2 aromatic heterocycles. The Morgan fingerprint density at radius 1 is 1.31 bits per heavy atom. The van der Waals surface area contributed by atoms with Gasteiger partial charge in [-0.3, -0.25) is 9.59 Å². The van der Waals surface area contributed by atoms with Crippen molar-refractivity contribution in [3.63, 3.8) is 0 Å². The van der Waals surface area contributed by atoms with E-state index in [2.05, 4.69) is 10.3 Å². The molecule has 1 aromatic carbocycles. The van der Waals surface area contributed by atoms with Gasteiger partial charge in [0, 0.05) is 22.4 Å². The first-order chi connectivity index (χ1) is 12.6. The summed E-state index contributed by atoms with van der Waals surface area (Å²) >= 11 is 1.27. The molecule has 0 aliphatic heterocycles. The van der Waals surface area contributed by atoms with Crippen molar-refractivity contribution >= 4 is 39.3 Å². The fourth-order valence-electron chi connectivity index (χ4n) is 2.47. The van der Waals surface area contributed by atoms with Crippen molar-refractivity contribution in [1.82, 2.24) is 4.98 Å². The monoisotopic (exact) mass is 374 g/mol. The number of aromatic nitrogens is 1. The number of thiazole rings is 1. The number of nitrogens with one attached hydrogen (secondary N) is 1. The van der Waals surface area contributed by atoms with Crippen molar-refractivity contribution in [3.8, 4) is 5.75 Å². The maximum absolute atomic E-state index is 12.3. The van der Waals surface area contributed by atoms with E-state index in [1.165, 1.54) is 11.3 Å². The van der Waals surface area contributed by atoms with E-state index in [1.807, 2.05) is 12.1 Å². The van der Waals surface area contributed by atoms with Gasteiger partial charge >= 0.3 is 5.97 Å². The van der Waals surface area contributed by atoms with Gasteiger partial charge in [-0.25, -0.2) is 4.98 Å². The van der Waals surface area contributed by atoms with Gasteiger partial charge in [0.15, 0.2) is 5.13 Å². The number of nitrogens with zero attached hydrogens (tertiary/aromatic N) is 1. The molecule has 2 heterocycles. The van der Waals surface area contributed by atoms with Crippen molar-refractivity contribution in [3.05, 3.63) is 41.1 Å². The molecule has 0 fully saturated rings. The standard InChI is InChI=1S/C18H18N2O5S/c1-3-24-17(22)7-12-10-26-18(19-12)20-16(21)6-11-9-25-15-8-13(23-2)4-5-14(11)15/h4-5,8-10H,3,6-7H2,1-2H3,(H,19,20,21). The maximum Gasteiger partial charge on any atom is 0.311 e. The third-order valence-corrected chi connectivity index (χ3v) is 4.45. The predicted molar refractivity (Wildman–Crippen MR) is 97.6 cm³/mol. The van der Waals surface area contributed by atoms with Crippen molar-refractivity contribution in [2.45, 2.75) is 19.8 Å². The van der Waals surface area contributed by atoms with Gasteiger partial charge in [-0.05, 0) is 19.1 Å². The second-order valence-electron chi connectivity index (χ2n) is 5.47. The molecule has 26 heavy (non-hydrogen) atoms. The van der Waals surface area contributed by atoms with Gasteiger partial charge < -0.3 is 19.2 Å². The highest BCUT2D eigenvalue weighted by molar-refractivity contribution is 7.13. The summed E-state index contributed by atoms with van der Waals surface area (Å²) in [6, 6.07) is 5.46. The van der Waals surface area contributed by atoms with E-state index in [9.17, 15) is 9.59 Å². The number of methoxy groups -OCH3 is 1. The van der Waals surface area contributed by atoms with Gasteiger partial charge in [0.1, 0.15) is 11.3 Å². The number of rotatable bonds is 7. The minimum absolute atomic E-state index is 0.0917. The first-order valence-electron chi connectivity index (χ1n) is 8.03. The number of furan rings is 1. The maximum atomic E-state index is 12.3. The predicted octanol–water partition coefficient (Wildman–Crippen LogP) is 3.18. The lowest BCUT2D eigenvalue weighted by molar-refractivity contribution is -0.142. The number of hydrogen-bond donors (Lipinski definition) is 1. The summed E-state index contributed by atoms with van der Waals surface area (Å²) in [6.07, 6.45) is 1.82. The van der Waals surface area contributed by atoms with E-state index in [0.717, 1.165) is 10.9 Å². The normalized spacial score (nSPS) is 10.7. The lowest BCUT2D eigenvalue weighted by Gasteiger charge is -2.01. The van der Waals surface area contributed by atoms with Crippen LogP contribution in [0.3, 0.4) is 0 Å². The quantitative estimate of drug-likeness (QED) is 0.639. The highest BCUT2D eigenvalue weighted by Gasteiger charge is 2.14. The van der Waals surface area contributed by atoms with Gasteiger partial charge in [-0.2, -0.15) is 0 Å². The molecule has 8 heteroatoms. The van der Waals surface area contributed by atoms with Crippen LogP contribution in [0.25, 0.3) is 11.0 Å². The molecule has 1 amide bonds. The van der Waals surface area contributed by atoms with Crippen LogP contribution in [-0.2, 0) is 27.2 Å². The zero-order valence-corrected chi connectivity index (χ0v) is 15.2. The van der Waals surface area contributed by atoms with Crippen LogP contribution in [0.2, 0.25) is 0 Å². The Bertz CT molecular complexity index is 931. The number of carbonyl (C=O) groups excluding carboxylic acids is 2. The molecule has 0 radical (unpaired) electrons. The Morgan fingerprint density at radius 3 is 2.92 bits per heavy atom. The Morgan fingerprint density at radius 2 is 2.15 bits per heavy atom. The van der Waals surface area contributed by atoms with E-state index < -0.39 is 0 Å². The van der Waals surface area contributed by atoms with E-state index >= 15 is 0 Å². The molecule has 3 rings (SSSR count). The summed E-state index contributed by atoms with van der Waals surface area (Å²) in [5.41, 5.74) is 2.02. The zero-order valence-electron chi connectivity index (χ0n) is 14.4. The Kier molecular flexibility index (Phi) is 5.52. The summed E-state index contributed by atoms with van der Waals surface area (Å²) in [6.45, 7) is 2.08. The van der Waals surface area contributed by atoms with E-state index in [4.69, 9.17) is 13.9 Å². The third kappa shape index (κ3) is 4.20. The lowest BCUT2D eigenvalue weighted by atomic mass is 10.1. The number of anilines is 1. The second kappa shape index (κ2) is 8.01. The molecule has 0 atom stereocenters. The number of amides is 1. The second-order valence-corrected chi connectivity index (χ2v) is 6.33. The minimum atomic E-state index is -0.337. The smallest absolute Gasteiger partial charge is 0.311 e. The number of hydrogen-bond acceptors (Lipinski definition) is 7. The summed E-state index contributed by atoms with van der Waals surface area (Å²) in [5, 5.41) is 5.78. The third-order valence-electron chi connectivity index (χ3n) is 3.64. The molecule has 0 spiro atoms.